The lowest BCUT2D eigenvalue weighted by Crippen LogP contribution is -2.33. The summed E-state index contributed by atoms with van der Waals surface area (Å²) < 4.78 is 0. The van der Waals surface area contributed by atoms with Gasteiger partial charge in [0.2, 0.25) is 5.91 Å². The third kappa shape index (κ3) is 2.69. The first-order chi connectivity index (χ1) is 7.11. The second-order valence-electron chi connectivity index (χ2n) is 3.61. The standard InChI is InChI=1S/C10H14N2O3/c1-2-12(5-3-4-11)9(13)7-6-8(7)10(14)15/h7-8H,2-3,5-6H2,1H3,(H,14,15)/t7-,8+/m1/s1. The maximum atomic E-state index is 11.7. The Morgan fingerprint density at radius 2 is 2.20 bits per heavy atom. The molecule has 0 unspecified atom stereocenters. The number of hydrogen-bond donors (Lipinski definition) is 1. The van der Waals surface area contributed by atoms with Crippen molar-refractivity contribution in [2.24, 2.45) is 11.8 Å². The molecular weight excluding hydrogens is 196 g/mol. The molecule has 15 heavy (non-hydrogen) atoms. The maximum absolute atomic E-state index is 11.7. The molecule has 0 aromatic heterocycles. The average Bonchev–Trinajstić information content (AvgIpc) is 2.98. The molecule has 5 nitrogen and oxygen atoms in total. The quantitative estimate of drug-likeness (QED) is 0.715. The molecule has 1 saturated carbocycles. The molecule has 0 saturated heterocycles. The largest absolute Gasteiger partial charge is 0.481 e. The predicted molar refractivity (Wildman–Crippen MR) is 51.7 cm³/mol. The summed E-state index contributed by atoms with van der Waals surface area (Å²) in [5.74, 6) is -1.89. The first-order valence-corrected chi connectivity index (χ1v) is 5.00. The van der Waals surface area contributed by atoms with Crippen LogP contribution < -0.4 is 0 Å². The number of nitrogens with zero attached hydrogens (tertiary/aromatic N) is 2. The number of nitriles is 1. The fourth-order valence-electron chi connectivity index (χ4n) is 1.58. The normalized spacial score (nSPS) is 22.9. The van der Waals surface area contributed by atoms with Crippen LogP contribution >= 0.6 is 0 Å². The van der Waals surface area contributed by atoms with Crippen molar-refractivity contribution in [3.8, 4) is 6.07 Å². The van der Waals surface area contributed by atoms with Crippen molar-refractivity contribution in [2.75, 3.05) is 13.1 Å². The predicted octanol–water partition coefficient (Wildman–Crippen LogP) is 0.469. The fraction of sp³-hybridized carbons (Fsp3) is 0.700. The molecule has 1 aliphatic rings. The Morgan fingerprint density at radius 1 is 1.53 bits per heavy atom. The number of carboxylic acid groups (broad SMARTS) is 1. The van der Waals surface area contributed by atoms with Crippen LogP contribution in [0, 0.1) is 23.2 Å². The molecule has 82 valence electrons. The smallest absolute Gasteiger partial charge is 0.307 e. The third-order valence-corrected chi connectivity index (χ3v) is 2.61. The number of hydrogen-bond acceptors (Lipinski definition) is 3. The van der Waals surface area contributed by atoms with Crippen LogP contribution in [0.3, 0.4) is 0 Å². The van der Waals surface area contributed by atoms with E-state index in [9.17, 15) is 9.59 Å². The summed E-state index contributed by atoms with van der Waals surface area (Å²) in [5, 5.41) is 17.1. The Balaban J connectivity index is 2.46. The van der Waals surface area contributed by atoms with Crippen molar-refractivity contribution >= 4 is 11.9 Å². The highest BCUT2D eigenvalue weighted by Gasteiger charge is 2.49. The van der Waals surface area contributed by atoms with Gasteiger partial charge in [-0.15, -0.1) is 0 Å². The Kier molecular flexibility index (Phi) is 3.67. The second-order valence-corrected chi connectivity index (χ2v) is 3.61. The van der Waals surface area contributed by atoms with Gasteiger partial charge in [0.1, 0.15) is 0 Å². The van der Waals surface area contributed by atoms with E-state index in [1.165, 1.54) is 0 Å². The molecule has 1 fully saturated rings. The van der Waals surface area contributed by atoms with Crippen LogP contribution in [0.25, 0.3) is 0 Å². The van der Waals surface area contributed by atoms with Crippen LogP contribution in [0.1, 0.15) is 19.8 Å². The summed E-state index contributed by atoms with van der Waals surface area (Å²) in [4.78, 5) is 23.8. The van der Waals surface area contributed by atoms with Crippen molar-refractivity contribution in [3.05, 3.63) is 0 Å². The molecule has 5 heteroatoms. The highest BCUT2D eigenvalue weighted by molar-refractivity contribution is 5.89. The van der Waals surface area contributed by atoms with Crippen molar-refractivity contribution in [1.29, 1.82) is 5.26 Å². The Bertz CT molecular complexity index is 308. The number of amides is 1. The molecular formula is C10H14N2O3. The van der Waals surface area contributed by atoms with E-state index < -0.39 is 11.9 Å². The van der Waals surface area contributed by atoms with E-state index in [4.69, 9.17) is 10.4 Å². The number of carbonyl (C=O) groups is 2. The zero-order chi connectivity index (χ0) is 11.4. The minimum absolute atomic E-state index is 0.125. The lowest BCUT2D eigenvalue weighted by molar-refractivity contribution is -0.141. The third-order valence-electron chi connectivity index (χ3n) is 2.61. The number of aliphatic carboxylic acids is 1. The van der Waals surface area contributed by atoms with E-state index in [1.54, 1.807) is 4.90 Å². The van der Waals surface area contributed by atoms with Crippen molar-refractivity contribution < 1.29 is 14.7 Å². The average molecular weight is 210 g/mol. The topological polar surface area (TPSA) is 81.4 Å². The van der Waals surface area contributed by atoms with Gasteiger partial charge in [-0.25, -0.2) is 0 Å². The van der Waals surface area contributed by atoms with Crippen LogP contribution in [0.2, 0.25) is 0 Å². The van der Waals surface area contributed by atoms with Gasteiger partial charge in [0.25, 0.3) is 0 Å². The molecule has 0 radical (unpaired) electrons. The van der Waals surface area contributed by atoms with E-state index >= 15 is 0 Å². The summed E-state index contributed by atoms with van der Waals surface area (Å²) in [7, 11) is 0. The van der Waals surface area contributed by atoms with Crippen molar-refractivity contribution in [3.63, 3.8) is 0 Å². The SMILES string of the molecule is CCN(CCC#N)C(=O)[C@@H]1C[C@@H]1C(=O)O. The molecule has 0 bridgehead atoms. The van der Waals surface area contributed by atoms with Crippen LogP contribution in [0.4, 0.5) is 0 Å². The van der Waals surface area contributed by atoms with Gasteiger partial charge < -0.3 is 10.0 Å². The summed E-state index contributed by atoms with van der Waals surface area (Å²) in [6.45, 7) is 2.76. The lowest BCUT2D eigenvalue weighted by Gasteiger charge is -2.19. The zero-order valence-electron chi connectivity index (χ0n) is 8.64. The molecule has 0 heterocycles. The summed E-state index contributed by atoms with van der Waals surface area (Å²) in [6.07, 6.45) is 0.737. The van der Waals surface area contributed by atoms with Gasteiger partial charge in [0.05, 0.1) is 24.3 Å². The van der Waals surface area contributed by atoms with Crippen LogP contribution in [-0.4, -0.2) is 35.0 Å². The van der Waals surface area contributed by atoms with Crippen LogP contribution in [-0.2, 0) is 9.59 Å². The molecule has 1 N–H and O–H groups in total. The van der Waals surface area contributed by atoms with E-state index in [0.717, 1.165) is 0 Å². The van der Waals surface area contributed by atoms with Crippen LogP contribution in [0.5, 0.6) is 0 Å². The molecule has 0 aromatic rings. The Morgan fingerprint density at radius 3 is 2.60 bits per heavy atom. The zero-order valence-corrected chi connectivity index (χ0v) is 8.64. The highest BCUT2D eigenvalue weighted by Crippen LogP contribution is 2.40. The van der Waals surface area contributed by atoms with Gasteiger partial charge in [-0.1, -0.05) is 0 Å². The number of carboxylic acids is 1. The molecule has 1 aliphatic carbocycles. The minimum atomic E-state index is -0.898. The lowest BCUT2D eigenvalue weighted by atomic mass is 10.2. The molecule has 0 aliphatic heterocycles. The molecule has 1 amide bonds. The van der Waals surface area contributed by atoms with E-state index in [2.05, 4.69) is 0 Å². The molecule has 0 spiro atoms. The number of rotatable bonds is 5. The first-order valence-electron chi connectivity index (χ1n) is 5.00. The van der Waals surface area contributed by atoms with Gasteiger partial charge in [-0.3, -0.25) is 9.59 Å². The second kappa shape index (κ2) is 4.78. The van der Waals surface area contributed by atoms with Gasteiger partial charge in [-0.2, -0.15) is 5.26 Å². The summed E-state index contributed by atoms with van der Waals surface area (Å²) >= 11 is 0. The fourth-order valence-corrected chi connectivity index (χ4v) is 1.58. The first kappa shape index (κ1) is 11.5. The van der Waals surface area contributed by atoms with Gasteiger partial charge in [0.15, 0.2) is 0 Å². The monoisotopic (exact) mass is 210 g/mol. The summed E-state index contributed by atoms with van der Waals surface area (Å²) in [5.41, 5.74) is 0. The van der Waals surface area contributed by atoms with Gasteiger partial charge >= 0.3 is 5.97 Å². The molecule has 2 atom stereocenters. The molecule has 0 aromatic carbocycles. The highest BCUT2D eigenvalue weighted by atomic mass is 16.4. The van der Waals surface area contributed by atoms with E-state index in [1.807, 2.05) is 13.0 Å². The van der Waals surface area contributed by atoms with Crippen molar-refractivity contribution in [2.45, 2.75) is 19.8 Å². The number of carbonyl (C=O) groups excluding carboxylic acids is 1. The van der Waals surface area contributed by atoms with Crippen LogP contribution in [0.15, 0.2) is 0 Å². The Labute approximate surface area is 88.3 Å². The Hall–Kier alpha value is -1.57. The summed E-state index contributed by atoms with van der Waals surface area (Å²) in [6, 6.07) is 1.97. The van der Waals surface area contributed by atoms with Crippen molar-refractivity contribution in [1.82, 2.24) is 4.90 Å². The minimum Gasteiger partial charge on any atom is -0.481 e. The van der Waals surface area contributed by atoms with Gasteiger partial charge in [-0.05, 0) is 13.3 Å². The van der Waals surface area contributed by atoms with Gasteiger partial charge in [0, 0.05) is 13.1 Å². The maximum Gasteiger partial charge on any atom is 0.307 e. The van der Waals surface area contributed by atoms with E-state index in [0.29, 0.717) is 25.9 Å². The van der Waals surface area contributed by atoms with E-state index in [-0.39, 0.29) is 11.8 Å². The molecule has 1 rings (SSSR count).